The maximum absolute atomic E-state index is 12.4. The SMILES string of the molecule is O=C(Nc1cc(N2CCN(C3CCCCC3)CC2)ncn1)N1CCOCC1. The van der Waals surface area contributed by atoms with Crippen molar-refractivity contribution in [2.45, 2.75) is 38.1 Å². The van der Waals surface area contributed by atoms with Crippen LogP contribution in [0.4, 0.5) is 16.4 Å². The van der Waals surface area contributed by atoms with Crippen LogP contribution in [-0.2, 0) is 4.74 Å². The number of piperazine rings is 1. The van der Waals surface area contributed by atoms with Gasteiger partial charge in [-0.25, -0.2) is 14.8 Å². The molecule has 8 heteroatoms. The Morgan fingerprint density at radius 2 is 1.74 bits per heavy atom. The van der Waals surface area contributed by atoms with Crippen molar-refractivity contribution >= 4 is 17.7 Å². The van der Waals surface area contributed by atoms with Gasteiger partial charge in [0.25, 0.3) is 0 Å². The number of ether oxygens (including phenoxy) is 1. The summed E-state index contributed by atoms with van der Waals surface area (Å²) in [5, 5.41) is 2.89. The smallest absolute Gasteiger partial charge is 0.323 e. The van der Waals surface area contributed by atoms with Gasteiger partial charge in [0.1, 0.15) is 18.0 Å². The number of anilines is 2. The molecule has 3 heterocycles. The Balaban J connectivity index is 1.32. The van der Waals surface area contributed by atoms with E-state index >= 15 is 0 Å². The summed E-state index contributed by atoms with van der Waals surface area (Å²) in [7, 11) is 0. The summed E-state index contributed by atoms with van der Waals surface area (Å²) >= 11 is 0. The minimum atomic E-state index is -0.120. The summed E-state index contributed by atoms with van der Waals surface area (Å²) in [6.07, 6.45) is 8.40. The van der Waals surface area contributed by atoms with E-state index in [0.717, 1.165) is 38.0 Å². The lowest BCUT2D eigenvalue weighted by Crippen LogP contribution is -2.51. The third-order valence-electron chi connectivity index (χ3n) is 5.92. The zero-order chi connectivity index (χ0) is 18.5. The fraction of sp³-hybridized carbons (Fsp3) is 0.737. The lowest BCUT2D eigenvalue weighted by atomic mass is 9.94. The summed E-state index contributed by atoms with van der Waals surface area (Å²) in [6, 6.07) is 2.54. The molecule has 0 bridgehead atoms. The molecule has 0 radical (unpaired) electrons. The Bertz CT molecular complexity index is 622. The summed E-state index contributed by atoms with van der Waals surface area (Å²) in [5.74, 6) is 1.46. The minimum Gasteiger partial charge on any atom is -0.378 e. The maximum Gasteiger partial charge on any atom is 0.323 e. The summed E-state index contributed by atoms with van der Waals surface area (Å²) < 4.78 is 5.29. The molecular weight excluding hydrogens is 344 g/mol. The quantitative estimate of drug-likeness (QED) is 0.870. The van der Waals surface area contributed by atoms with Crippen molar-refractivity contribution in [2.75, 3.05) is 62.7 Å². The largest absolute Gasteiger partial charge is 0.378 e. The highest BCUT2D eigenvalue weighted by molar-refractivity contribution is 5.88. The van der Waals surface area contributed by atoms with Gasteiger partial charge < -0.3 is 14.5 Å². The Morgan fingerprint density at radius 3 is 2.48 bits per heavy atom. The Kier molecular flexibility index (Phi) is 6.03. The van der Waals surface area contributed by atoms with E-state index in [2.05, 4.69) is 25.1 Å². The van der Waals surface area contributed by atoms with Crippen LogP contribution >= 0.6 is 0 Å². The molecule has 8 nitrogen and oxygen atoms in total. The highest BCUT2D eigenvalue weighted by Gasteiger charge is 2.26. The predicted molar refractivity (Wildman–Crippen MR) is 104 cm³/mol. The van der Waals surface area contributed by atoms with Crippen molar-refractivity contribution < 1.29 is 9.53 Å². The first-order valence-electron chi connectivity index (χ1n) is 10.2. The lowest BCUT2D eigenvalue weighted by molar-refractivity contribution is 0.0564. The third-order valence-corrected chi connectivity index (χ3v) is 5.92. The van der Waals surface area contributed by atoms with Crippen LogP contribution in [-0.4, -0.2) is 84.3 Å². The molecule has 0 aromatic carbocycles. The van der Waals surface area contributed by atoms with Crippen LogP contribution in [0.3, 0.4) is 0 Å². The predicted octanol–water partition coefficient (Wildman–Crippen LogP) is 1.80. The van der Waals surface area contributed by atoms with E-state index in [4.69, 9.17) is 4.74 Å². The number of morpholine rings is 1. The van der Waals surface area contributed by atoms with Crippen molar-refractivity contribution in [3.8, 4) is 0 Å². The lowest BCUT2D eigenvalue weighted by Gasteiger charge is -2.41. The number of amides is 2. The molecule has 27 heavy (non-hydrogen) atoms. The monoisotopic (exact) mass is 374 g/mol. The van der Waals surface area contributed by atoms with Crippen molar-refractivity contribution in [2.24, 2.45) is 0 Å². The van der Waals surface area contributed by atoms with Gasteiger partial charge in [0.05, 0.1) is 13.2 Å². The number of carbonyl (C=O) groups is 1. The molecule has 1 saturated carbocycles. The molecule has 4 rings (SSSR count). The Labute approximate surface area is 160 Å². The second kappa shape index (κ2) is 8.84. The number of nitrogens with one attached hydrogen (secondary N) is 1. The van der Waals surface area contributed by atoms with Gasteiger partial charge in [0.2, 0.25) is 0 Å². The zero-order valence-electron chi connectivity index (χ0n) is 16.0. The first-order chi connectivity index (χ1) is 13.3. The van der Waals surface area contributed by atoms with Crippen LogP contribution in [0.25, 0.3) is 0 Å². The van der Waals surface area contributed by atoms with E-state index in [1.54, 1.807) is 4.90 Å². The van der Waals surface area contributed by atoms with Crippen molar-refractivity contribution in [3.05, 3.63) is 12.4 Å². The van der Waals surface area contributed by atoms with Crippen LogP contribution in [0.1, 0.15) is 32.1 Å². The zero-order valence-corrected chi connectivity index (χ0v) is 16.0. The molecule has 0 spiro atoms. The number of rotatable bonds is 3. The van der Waals surface area contributed by atoms with Gasteiger partial charge in [0.15, 0.2) is 0 Å². The molecule has 0 unspecified atom stereocenters. The number of hydrogen-bond donors (Lipinski definition) is 1. The fourth-order valence-electron chi connectivity index (χ4n) is 4.31. The van der Waals surface area contributed by atoms with Gasteiger partial charge in [0, 0.05) is 51.4 Å². The number of aromatic nitrogens is 2. The molecule has 2 aliphatic heterocycles. The highest BCUT2D eigenvalue weighted by Crippen LogP contribution is 2.24. The van der Waals surface area contributed by atoms with Crippen LogP contribution < -0.4 is 10.2 Å². The summed E-state index contributed by atoms with van der Waals surface area (Å²) in [5.41, 5.74) is 0. The number of carbonyl (C=O) groups excluding carboxylic acids is 1. The number of nitrogens with zero attached hydrogens (tertiary/aromatic N) is 5. The first kappa shape index (κ1) is 18.4. The average molecular weight is 374 g/mol. The standard InChI is InChI=1S/C19H30N6O2/c26-19(25-10-12-27-13-11-25)22-17-14-18(21-15-20-17)24-8-6-23(7-9-24)16-4-2-1-3-5-16/h14-16H,1-13H2,(H,20,21,22,26). The highest BCUT2D eigenvalue weighted by atomic mass is 16.5. The van der Waals surface area contributed by atoms with Crippen LogP contribution in [0, 0.1) is 0 Å². The van der Waals surface area contributed by atoms with Crippen LogP contribution in [0.5, 0.6) is 0 Å². The second-order valence-corrected chi connectivity index (χ2v) is 7.61. The van der Waals surface area contributed by atoms with E-state index in [-0.39, 0.29) is 6.03 Å². The maximum atomic E-state index is 12.4. The van der Waals surface area contributed by atoms with Crippen molar-refractivity contribution in [1.29, 1.82) is 0 Å². The van der Waals surface area contributed by atoms with Crippen LogP contribution in [0.15, 0.2) is 12.4 Å². The summed E-state index contributed by atoms with van der Waals surface area (Å²) in [6.45, 7) is 6.55. The van der Waals surface area contributed by atoms with E-state index < -0.39 is 0 Å². The van der Waals surface area contributed by atoms with E-state index in [0.29, 0.717) is 32.1 Å². The Morgan fingerprint density at radius 1 is 1.00 bits per heavy atom. The van der Waals surface area contributed by atoms with Crippen LogP contribution in [0.2, 0.25) is 0 Å². The molecule has 148 valence electrons. The first-order valence-corrected chi connectivity index (χ1v) is 10.2. The van der Waals surface area contributed by atoms with Gasteiger partial charge in [-0.3, -0.25) is 10.2 Å². The van der Waals surface area contributed by atoms with E-state index in [1.807, 2.05) is 6.07 Å². The molecule has 3 aliphatic rings. The molecule has 1 aliphatic carbocycles. The second-order valence-electron chi connectivity index (χ2n) is 7.61. The topological polar surface area (TPSA) is 73.8 Å². The number of hydrogen-bond acceptors (Lipinski definition) is 6. The van der Waals surface area contributed by atoms with Gasteiger partial charge in [-0.15, -0.1) is 0 Å². The van der Waals surface area contributed by atoms with Gasteiger partial charge >= 0.3 is 6.03 Å². The van der Waals surface area contributed by atoms with Crippen molar-refractivity contribution in [3.63, 3.8) is 0 Å². The summed E-state index contributed by atoms with van der Waals surface area (Å²) in [4.78, 5) is 27.7. The van der Waals surface area contributed by atoms with Gasteiger partial charge in [-0.05, 0) is 12.8 Å². The fourth-order valence-corrected chi connectivity index (χ4v) is 4.31. The number of urea groups is 1. The average Bonchev–Trinajstić information content (AvgIpc) is 2.75. The molecule has 2 amide bonds. The van der Waals surface area contributed by atoms with E-state index in [9.17, 15) is 4.79 Å². The molecule has 3 fully saturated rings. The van der Waals surface area contributed by atoms with Gasteiger partial charge in [-0.2, -0.15) is 0 Å². The van der Waals surface area contributed by atoms with E-state index in [1.165, 1.54) is 38.4 Å². The molecular formula is C19H30N6O2. The minimum absolute atomic E-state index is 0.120. The third kappa shape index (κ3) is 4.68. The Hall–Kier alpha value is -1.93. The normalized spacial score (nSPS) is 22.7. The van der Waals surface area contributed by atoms with Crippen molar-refractivity contribution in [1.82, 2.24) is 19.8 Å². The van der Waals surface area contributed by atoms with Gasteiger partial charge in [-0.1, -0.05) is 19.3 Å². The molecule has 1 N–H and O–H groups in total. The molecule has 0 atom stereocenters. The molecule has 1 aromatic rings. The molecule has 2 saturated heterocycles. The molecule has 1 aromatic heterocycles.